The van der Waals surface area contributed by atoms with Crippen molar-refractivity contribution in [2.45, 2.75) is 26.8 Å². The van der Waals surface area contributed by atoms with Crippen molar-refractivity contribution in [1.29, 1.82) is 0 Å². The molecule has 1 heterocycles. The average molecular weight is 368 g/mol. The number of carbonyl (C=O) groups is 2. The van der Waals surface area contributed by atoms with Gasteiger partial charge in [-0.25, -0.2) is 4.79 Å². The van der Waals surface area contributed by atoms with E-state index in [1.807, 2.05) is 6.92 Å². The number of hydrogen-bond acceptors (Lipinski definition) is 4. The van der Waals surface area contributed by atoms with Gasteiger partial charge in [-0.3, -0.25) is 4.79 Å². The summed E-state index contributed by atoms with van der Waals surface area (Å²) in [6.07, 6.45) is 0.953. The second-order valence-corrected chi connectivity index (χ2v) is 7.00. The Morgan fingerprint density at radius 2 is 1.81 bits per heavy atom. The van der Waals surface area contributed by atoms with Gasteiger partial charge in [-0.2, -0.15) is 4.99 Å². The second-order valence-electron chi connectivity index (χ2n) is 5.99. The topological polar surface area (TPSA) is 60.7 Å². The molecule has 26 heavy (non-hydrogen) atoms. The number of benzene rings is 2. The van der Waals surface area contributed by atoms with Crippen molar-refractivity contribution in [2.75, 3.05) is 7.11 Å². The Labute approximate surface area is 155 Å². The summed E-state index contributed by atoms with van der Waals surface area (Å²) in [5.74, 6) is -0.754. The van der Waals surface area contributed by atoms with Crippen LogP contribution in [-0.2, 0) is 11.3 Å². The lowest BCUT2D eigenvalue weighted by Crippen LogP contribution is -2.16. The molecule has 0 aliphatic rings. The molecule has 6 heteroatoms. The number of amides is 1. The molecule has 0 unspecified atom stereocenters. The molecule has 0 N–H and O–H groups in total. The predicted molar refractivity (Wildman–Crippen MR) is 103 cm³/mol. The Morgan fingerprint density at radius 1 is 1.12 bits per heavy atom. The highest BCUT2D eigenvalue weighted by atomic mass is 32.1. The molecule has 5 nitrogen and oxygen atoms in total. The van der Waals surface area contributed by atoms with E-state index in [0.29, 0.717) is 15.9 Å². The fourth-order valence-electron chi connectivity index (χ4n) is 2.72. The molecule has 0 aliphatic carbocycles. The summed E-state index contributed by atoms with van der Waals surface area (Å²) in [4.78, 5) is 29.1. The van der Waals surface area contributed by atoms with Gasteiger partial charge in [0.1, 0.15) is 0 Å². The van der Waals surface area contributed by atoms with Crippen molar-refractivity contribution < 1.29 is 14.3 Å². The van der Waals surface area contributed by atoms with Crippen LogP contribution >= 0.6 is 11.3 Å². The first-order chi connectivity index (χ1) is 12.5. The van der Waals surface area contributed by atoms with Gasteiger partial charge in [0.25, 0.3) is 5.91 Å². The Balaban J connectivity index is 2.02. The highest BCUT2D eigenvalue weighted by Gasteiger charge is 2.11. The first-order valence-electron chi connectivity index (χ1n) is 8.41. The number of ether oxygens (including phenoxy) is 1. The third-order valence-corrected chi connectivity index (χ3v) is 5.08. The maximum Gasteiger partial charge on any atom is 0.337 e. The van der Waals surface area contributed by atoms with Crippen molar-refractivity contribution in [3.63, 3.8) is 0 Å². The SMILES string of the molecule is CCCn1c(=NC(=O)c2ccc(C(=O)OC)cc2)sc2cc(C)ccc21. The van der Waals surface area contributed by atoms with E-state index in [2.05, 4.69) is 39.4 Å². The van der Waals surface area contributed by atoms with Crippen LogP contribution in [0.25, 0.3) is 10.2 Å². The van der Waals surface area contributed by atoms with Crippen LogP contribution in [0.2, 0.25) is 0 Å². The van der Waals surface area contributed by atoms with Gasteiger partial charge in [-0.05, 0) is 55.3 Å². The van der Waals surface area contributed by atoms with Gasteiger partial charge in [0.2, 0.25) is 0 Å². The van der Waals surface area contributed by atoms with Crippen molar-refractivity contribution in [3.8, 4) is 0 Å². The van der Waals surface area contributed by atoms with Crippen LogP contribution in [0.15, 0.2) is 47.5 Å². The number of esters is 1. The Hall–Kier alpha value is -2.73. The minimum Gasteiger partial charge on any atom is -0.465 e. The lowest BCUT2D eigenvalue weighted by Gasteiger charge is -2.03. The number of hydrogen-bond donors (Lipinski definition) is 0. The van der Waals surface area contributed by atoms with Crippen molar-refractivity contribution in [3.05, 3.63) is 64.0 Å². The summed E-state index contributed by atoms with van der Waals surface area (Å²) < 4.78 is 7.87. The molecule has 0 spiro atoms. The van der Waals surface area contributed by atoms with Gasteiger partial charge in [-0.1, -0.05) is 24.3 Å². The summed E-state index contributed by atoms with van der Waals surface area (Å²) >= 11 is 1.51. The third kappa shape index (κ3) is 3.60. The van der Waals surface area contributed by atoms with E-state index in [4.69, 9.17) is 0 Å². The number of nitrogens with zero attached hydrogens (tertiary/aromatic N) is 2. The summed E-state index contributed by atoms with van der Waals surface area (Å²) in [5.41, 5.74) is 3.12. The molecule has 0 saturated heterocycles. The van der Waals surface area contributed by atoms with E-state index < -0.39 is 5.97 Å². The molecule has 0 fully saturated rings. The summed E-state index contributed by atoms with van der Waals surface area (Å²) in [6, 6.07) is 12.6. The van der Waals surface area contributed by atoms with E-state index in [1.54, 1.807) is 24.3 Å². The van der Waals surface area contributed by atoms with Crippen LogP contribution in [0.5, 0.6) is 0 Å². The largest absolute Gasteiger partial charge is 0.465 e. The molecular formula is C20H20N2O3S. The minimum absolute atomic E-state index is 0.324. The van der Waals surface area contributed by atoms with Gasteiger partial charge in [0, 0.05) is 12.1 Å². The van der Waals surface area contributed by atoms with E-state index >= 15 is 0 Å². The maximum atomic E-state index is 12.6. The maximum absolute atomic E-state index is 12.6. The molecule has 3 rings (SSSR count). The molecule has 134 valence electrons. The monoisotopic (exact) mass is 368 g/mol. The highest BCUT2D eigenvalue weighted by molar-refractivity contribution is 7.16. The molecule has 1 aromatic heterocycles. The summed E-state index contributed by atoms with van der Waals surface area (Å²) in [6.45, 7) is 4.95. The normalized spacial score (nSPS) is 11.7. The Kier molecular flexibility index (Phi) is 5.32. The van der Waals surface area contributed by atoms with Gasteiger partial charge >= 0.3 is 5.97 Å². The van der Waals surface area contributed by atoms with E-state index in [0.717, 1.165) is 23.2 Å². The predicted octanol–water partition coefficient (Wildman–Crippen LogP) is 3.95. The smallest absolute Gasteiger partial charge is 0.337 e. The molecule has 0 saturated carbocycles. The number of thiazole rings is 1. The van der Waals surface area contributed by atoms with Crippen molar-refractivity contribution >= 4 is 33.4 Å². The van der Waals surface area contributed by atoms with Crippen LogP contribution in [0.4, 0.5) is 0 Å². The van der Waals surface area contributed by atoms with Crippen molar-refractivity contribution in [1.82, 2.24) is 4.57 Å². The highest BCUT2D eigenvalue weighted by Crippen LogP contribution is 2.19. The Morgan fingerprint density at radius 3 is 2.46 bits per heavy atom. The average Bonchev–Trinajstić information content (AvgIpc) is 2.97. The van der Waals surface area contributed by atoms with Gasteiger partial charge in [0.15, 0.2) is 4.80 Å². The van der Waals surface area contributed by atoms with Crippen LogP contribution in [0.1, 0.15) is 39.6 Å². The number of rotatable bonds is 4. The fraction of sp³-hybridized carbons (Fsp3) is 0.250. The molecule has 3 aromatic rings. The van der Waals surface area contributed by atoms with Crippen LogP contribution in [0, 0.1) is 6.92 Å². The van der Waals surface area contributed by atoms with Gasteiger partial charge < -0.3 is 9.30 Å². The molecular weight excluding hydrogens is 348 g/mol. The number of fused-ring (bicyclic) bond motifs is 1. The molecule has 0 radical (unpaired) electrons. The molecule has 1 amide bonds. The van der Waals surface area contributed by atoms with Crippen molar-refractivity contribution in [2.24, 2.45) is 4.99 Å². The Bertz CT molecular complexity index is 1030. The number of aromatic nitrogens is 1. The third-order valence-electron chi connectivity index (χ3n) is 4.04. The second kappa shape index (κ2) is 7.66. The first-order valence-corrected chi connectivity index (χ1v) is 9.22. The van der Waals surface area contributed by atoms with E-state index in [-0.39, 0.29) is 5.91 Å². The van der Waals surface area contributed by atoms with Crippen LogP contribution in [-0.4, -0.2) is 23.6 Å². The summed E-state index contributed by atoms with van der Waals surface area (Å²) in [7, 11) is 1.33. The summed E-state index contributed by atoms with van der Waals surface area (Å²) in [5, 5.41) is 0. The number of methoxy groups -OCH3 is 1. The minimum atomic E-state index is -0.429. The fourth-order valence-corrected chi connectivity index (χ4v) is 3.88. The molecule has 0 aliphatic heterocycles. The van der Waals surface area contributed by atoms with E-state index in [9.17, 15) is 9.59 Å². The zero-order valence-corrected chi connectivity index (χ0v) is 15.8. The zero-order chi connectivity index (χ0) is 18.7. The molecule has 0 bridgehead atoms. The number of aryl methyl sites for hydroxylation is 2. The lowest BCUT2D eigenvalue weighted by molar-refractivity contribution is 0.0600. The van der Waals surface area contributed by atoms with Crippen LogP contribution < -0.4 is 4.80 Å². The molecule has 2 aromatic carbocycles. The standard InChI is InChI=1S/C20H20N2O3S/c1-4-11-22-16-10-5-13(2)12-17(16)26-20(22)21-18(23)14-6-8-15(9-7-14)19(24)25-3/h5-10,12H,4,11H2,1-3H3. The zero-order valence-electron chi connectivity index (χ0n) is 15.0. The van der Waals surface area contributed by atoms with Gasteiger partial charge in [0.05, 0.1) is 22.9 Å². The lowest BCUT2D eigenvalue weighted by atomic mass is 10.1. The quantitative estimate of drug-likeness (QED) is 0.655. The first kappa shape index (κ1) is 18.1. The van der Waals surface area contributed by atoms with Crippen LogP contribution in [0.3, 0.4) is 0 Å². The van der Waals surface area contributed by atoms with E-state index in [1.165, 1.54) is 24.0 Å². The molecule has 0 atom stereocenters. The van der Waals surface area contributed by atoms with Gasteiger partial charge in [-0.15, -0.1) is 0 Å². The number of carbonyl (C=O) groups excluding carboxylic acids is 2.